The van der Waals surface area contributed by atoms with Gasteiger partial charge in [0.15, 0.2) is 0 Å². The number of hydrogen-bond acceptors (Lipinski definition) is 5. The zero-order chi connectivity index (χ0) is 26.9. The summed E-state index contributed by atoms with van der Waals surface area (Å²) < 4.78 is 5.50. The monoisotopic (exact) mass is 502 g/mol. The van der Waals surface area contributed by atoms with Crippen molar-refractivity contribution in [3.63, 3.8) is 0 Å². The summed E-state index contributed by atoms with van der Waals surface area (Å²) in [7, 11) is 0. The van der Waals surface area contributed by atoms with E-state index >= 15 is 0 Å². The number of nitrogens with zero attached hydrogens (tertiary/aromatic N) is 1. The first kappa shape index (κ1) is 27.4. The number of rotatable bonds is 10. The highest BCUT2D eigenvalue weighted by atomic mass is 16.6. The van der Waals surface area contributed by atoms with E-state index in [1.165, 1.54) is 6.20 Å². The molecule has 0 bridgehead atoms. The normalized spacial score (nSPS) is 13.3. The minimum atomic E-state index is -0.833. The summed E-state index contributed by atoms with van der Waals surface area (Å²) in [4.78, 5) is 42.1. The van der Waals surface area contributed by atoms with Gasteiger partial charge in [0.2, 0.25) is 5.91 Å². The van der Waals surface area contributed by atoms with Crippen LogP contribution < -0.4 is 16.4 Å². The van der Waals surface area contributed by atoms with Crippen molar-refractivity contribution in [2.24, 2.45) is 17.6 Å². The lowest BCUT2D eigenvalue weighted by Gasteiger charge is -2.25. The van der Waals surface area contributed by atoms with Crippen molar-refractivity contribution >= 4 is 17.9 Å². The van der Waals surface area contributed by atoms with Crippen LogP contribution in [-0.2, 0) is 16.1 Å². The molecule has 3 rings (SSSR count). The van der Waals surface area contributed by atoms with Gasteiger partial charge in [0.05, 0.1) is 0 Å². The first-order valence-electron chi connectivity index (χ1n) is 12.3. The fourth-order valence-corrected chi connectivity index (χ4v) is 3.96. The molecule has 0 aliphatic carbocycles. The highest BCUT2D eigenvalue weighted by molar-refractivity contribution is 6.01. The summed E-state index contributed by atoms with van der Waals surface area (Å²) in [5.41, 5.74) is 8.72. The molecule has 0 spiro atoms. The molecule has 1 unspecified atom stereocenters. The molecule has 4 N–H and O–H groups in total. The van der Waals surface area contributed by atoms with Crippen LogP contribution in [0.2, 0.25) is 0 Å². The first-order chi connectivity index (χ1) is 17.7. The highest BCUT2D eigenvalue weighted by Crippen LogP contribution is 2.27. The Labute approximate surface area is 217 Å². The topological polar surface area (TPSA) is 123 Å². The van der Waals surface area contributed by atoms with E-state index in [1.807, 2.05) is 82.3 Å². The Morgan fingerprint density at radius 3 is 2.22 bits per heavy atom. The number of benzene rings is 2. The summed E-state index contributed by atoms with van der Waals surface area (Å²) >= 11 is 0. The van der Waals surface area contributed by atoms with Crippen LogP contribution in [0.15, 0.2) is 72.9 Å². The Bertz CT molecular complexity index is 1230. The van der Waals surface area contributed by atoms with Crippen LogP contribution in [0.4, 0.5) is 4.79 Å². The van der Waals surface area contributed by atoms with E-state index in [4.69, 9.17) is 10.5 Å². The standard InChI is InChI=1S/C29H34N4O4/c1-18(2)19(3)25(27(30)34)33-28(35)26-24(15-10-16-31-26)23-14-9-8-13-22(23)17-32-29(36)37-20(4)21-11-6-5-7-12-21/h5-16,18-20,25H,17H2,1-4H3,(H2,30,34)(H,32,36)(H,33,35)/t19?,20-,25-/m0/s1. The van der Waals surface area contributed by atoms with Gasteiger partial charge in [0, 0.05) is 18.3 Å². The van der Waals surface area contributed by atoms with Gasteiger partial charge in [-0.3, -0.25) is 14.6 Å². The Hall–Kier alpha value is -4.20. The second kappa shape index (κ2) is 12.7. The predicted octanol–water partition coefficient (Wildman–Crippen LogP) is 4.61. The molecular formula is C29H34N4O4. The molecule has 0 aliphatic heterocycles. The molecule has 0 saturated heterocycles. The van der Waals surface area contributed by atoms with Crippen LogP contribution >= 0.6 is 0 Å². The number of nitrogens with one attached hydrogen (secondary N) is 2. The van der Waals surface area contributed by atoms with Crippen LogP contribution in [0.1, 0.15) is 55.4 Å². The van der Waals surface area contributed by atoms with Crippen molar-refractivity contribution < 1.29 is 19.1 Å². The number of pyridine rings is 1. The van der Waals surface area contributed by atoms with E-state index in [0.29, 0.717) is 5.56 Å². The molecule has 3 atom stereocenters. The molecule has 0 fully saturated rings. The minimum Gasteiger partial charge on any atom is -0.442 e. The number of alkyl carbamates (subject to hydrolysis) is 1. The molecule has 8 nitrogen and oxygen atoms in total. The molecule has 0 radical (unpaired) electrons. The van der Waals surface area contributed by atoms with Gasteiger partial charge in [0.1, 0.15) is 17.8 Å². The summed E-state index contributed by atoms with van der Waals surface area (Å²) in [5, 5.41) is 5.55. The Morgan fingerprint density at radius 2 is 1.54 bits per heavy atom. The van der Waals surface area contributed by atoms with E-state index < -0.39 is 30.1 Å². The third kappa shape index (κ3) is 7.16. The molecule has 1 aromatic heterocycles. The predicted molar refractivity (Wildman–Crippen MR) is 142 cm³/mol. The van der Waals surface area contributed by atoms with Gasteiger partial charge in [-0.1, -0.05) is 81.4 Å². The molecular weight excluding hydrogens is 468 g/mol. The van der Waals surface area contributed by atoms with Crippen molar-refractivity contribution in [2.75, 3.05) is 0 Å². The van der Waals surface area contributed by atoms with Crippen molar-refractivity contribution in [2.45, 2.75) is 46.4 Å². The SMILES string of the molecule is CC(C)C(C)[C@H](NC(=O)c1ncccc1-c1ccccc1CNC(=O)O[C@@H](C)c1ccccc1)C(N)=O. The second-order valence-electron chi connectivity index (χ2n) is 9.33. The largest absolute Gasteiger partial charge is 0.442 e. The number of ether oxygens (including phenoxy) is 1. The van der Waals surface area contributed by atoms with Crippen molar-refractivity contribution in [1.82, 2.24) is 15.6 Å². The molecule has 37 heavy (non-hydrogen) atoms. The van der Waals surface area contributed by atoms with Gasteiger partial charge in [-0.15, -0.1) is 0 Å². The van der Waals surface area contributed by atoms with Gasteiger partial charge in [-0.05, 0) is 41.5 Å². The first-order valence-corrected chi connectivity index (χ1v) is 12.3. The third-order valence-corrected chi connectivity index (χ3v) is 6.48. The van der Waals surface area contributed by atoms with Crippen LogP contribution in [0.3, 0.4) is 0 Å². The lowest BCUT2D eigenvalue weighted by Crippen LogP contribution is -2.49. The zero-order valence-corrected chi connectivity index (χ0v) is 21.6. The fourth-order valence-electron chi connectivity index (χ4n) is 3.96. The molecule has 0 aliphatic rings. The number of amides is 3. The summed E-state index contributed by atoms with van der Waals surface area (Å²) in [6.45, 7) is 7.80. The van der Waals surface area contributed by atoms with Crippen molar-refractivity contribution in [3.8, 4) is 11.1 Å². The van der Waals surface area contributed by atoms with Gasteiger partial charge < -0.3 is 21.1 Å². The van der Waals surface area contributed by atoms with Crippen molar-refractivity contribution in [1.29, 1.82) is 0 Å². The van der Waals surface area contributed by atoms with E-state index in [-0.39, 0.29) is 24.1 Å². The molecule has 3 aromatic rings. The van der Waals surface area contributed by atoms with Crippen molar-refractivity contribution in [3.05, 3.63) is 89.7 Å². The number of carbonyl (C=O) groups excluding carboxylic acids is 3. The maximum absolute atomic E-state index is 13.2. The van der Waals surface area contributed by atoms with E-state index in [9.17, 15) is 14.4 Å². The number of nitrogens with two attached hydrogens (primary N) is 1. The molecule has 0 saturated carbocycles. The Kier molecular flexibility index (Phi) is 9.38. The summed E-state index contributed by atoms with van der Waals surface area (Å²) in [6.07, 6.45) is 0.561. The third-order valence-electron chi connectivity index (χ3n) is 6.48. The van der Waals surface area contributed by atoms with Gasteiger partial charge in [-0.2, -0.15) is 0 Å². The van der Waals surface area contributed by atoms with Gasteiger partial charge in [-0.25, -0.2) is 4.79 Å². The van der Waals surface area contributed by atoms with Gasteiger partial charge >= 0.3 is 6.09 Å². The van der Waals surface area contributed by atoms with Crippen LogP contribution in [0.25, 0.3) is 11.1 Å². The number of primary amides is 1. The van der Waals surface area contributed by atoms with E-state index in [0.717, 1.165) is 16.7 Å². The number of hydrogen-bond donors (Lipinski definition) is 3. The molecule has 1 heterocycles. The maximum Gasteiger partial charge on any atom is 0.408 e. The summed E-state index contributed by atoms with van der Waals surface area (Å²) in [6, 6.07) is 19.6. The fraction of sp³-hybridized carbons (Fsp3) is 0.310. The van der Waals surface area contributed by atoms with Crippen LogP contribution in [0, 0.1) is 11.8 Å². The minimum absolute atomic E-state index is 0.136. The Morgan fingerprint density at radius 1 is 0.892 bits per heavy atom. The van der Waals surface area contributed by atoms with Gasteiger partial charge in [0.25, 0.3) is 5.91 Å². The maximum atomic E-state index is 13.2. The molecule has 3 amide bonds. The van der Waals surface area contributed by atoms with Crippen LogP contribution in [0.5, 0.6) is 0 Å². The quantitative estimate of drug-likeness (QED) is 0.373. The Balaban J connectivity index is 1.78. The zero-order valence-electron chi connectivity index (χ0n) is 21.6. The van der Waals surface area contributed by atoms with E-state index in [1.54, 1.807) is 12.1 Å². The second-order valence-corrected chi connectivity index (χ2v) is 9.33. The number of carbonyl (C=O) groups is 3. The summed E-state index contributed by atoms with van der Waals surface area (Å²) in [5.74, 6) is -1.11. The average molecular weight is 503 g/mol. The highest BCUT2D eigenvalue weighted by Gasteiger charge is 2.28. The number of aromatic nitrogens is 1. The smallest absolute Gasteiger partial charge is 0.408 e. The average Bonchev–Trinajstić information content (AvgIpc) is 2.90. The molecule has 2 aromatic carbocycles. The van der Waals surface area contributed by atoms with Crippen LogP contribution in [-0.4, -0.2) is 28.9 Å². The van der Waals surface area contributed by atoms with E-state index in [2.05, 4.69) is 15.6 Å². The lowest BCUT2D eigenvalue weighted by atomic mass is 9.89. The lowest BCUT2D eigenvalue weighted by molar-refractivity contribution is -0.121. The molecule has 8 heteroatoms. The molecule has 194 valence electrons.